The van der Waals surface area contributed by atoms with Gasteiger partial charge >= 0.3 is 0 Å². The van der Waals surface area contributed by atoms with Crippen molar-refractivity contribution in [3.8, 4) is 6.07 Å². The first-order chi connectivity index (χ1) is 18.9. The summed E-state index contributed by atoms with van der Waals surface area (Å²) in [6.45, 7) is 6.19. The zero-order chi connectivity index (χ0) is 27.9. The van der Waals surface area contributed by atoms with Crippen molar-refractivity contribution in [2.24, 2.45) is 0 Å². The van der Waals surface area contributed by atoms with Gasteiger partial charge in [-0.3, -0.25) is 14.6 Å². The van der Waals surface area contributed by atoms with Crippen molar-refractivity contribution >= 4 is 29.1 Å². The number of anilines is 2. The van der Waals surface area contributed by atoms with Crippen LogP contribution < -0.4 is 16.0 Å². The molecule has 0 spiro atoms. The van der Waals surface area contributed by atoms with E-state index < -0.39 is 5.91 Å². The molecule has 4 rings (SSSR count). The van der Waals surface area contributed by atoms with Crippen LogP contribution in [0.15, 0.2) is 24.3 Å². The summed E-state index contributed by atoms with van der Waals surface area (Å²) >= 11 is 6.46. The molecule has 12 heteroatoms. The van der Waals surface area contributed by atoms with Gasteiger partial charge in [0.05, 0.1) is 30.9 Å². The maximum Gasteiger partial charge on any atom is 0.273 e. The number of hydrogen-bond acceptors (Lipinski definition) is 10. The van der Waals surface area contributed by atoms with Crippen LogP contribution in [-0.4, -0.2) is 100 Å². The average molecular weight is 557 g/mol. The highest BCUT2D eigenvalue weighted by Crippen LogP contribution is 2.31. The normalized spacial score (nSPS) is 20.0. The van der Waals surface area contributed by atoms with Crippen molar-refractivity contribution in [3.63, 3.8) is 0 Å². The van der Waals surface area contributed by atoms with Crippen molar-refractivity contribution in [1.29, 1.82) is 5.26 Å². The molecule has 2 saturated heterocycles. The van der Waals surface area contributed by atoms with Crippen LogP contribution >= 0.6 is 11.6 Å². The second-order valence-corrected chi connectivity index (χ2v) is 10.4. The molecule has 2 atom stereocenters. The Hall–Kier alpha value is -3.01. The van der Waals surface area contributed by atoms with Gasteiger partial charge in [0, 0.05) is 51.4 Å². The third kappa shape index (κ3) is 6.59. The van der Waals surface area contributed by atoms with Crippen LogP contribution in [0.2, 0.25) is 5.15 Å². The van der Waals surface area contributed by atoms with Crippen LogP contribution in [0, 0.1) is 11.3 Å². The number of piperazine rings is 1. The summed E-state index contributed by atoms with van der Waals surface area (Å²) in [5.74, 6) is -0.0323. The van der Waals surface area contributed by atoms with Crippen molar-refractivity contribution in [2.75, 3.05) is 63.1 Å². The number of aliphatic hydroxyl groups excluding tert-OH is 2. The Balaban J connectivity index is 1.38. The Morgan fingerprint density at radius 3 is 2.54 bits per heavy atom. The minimum atomic E-state index is -0.521. The fourth-order valence-electron chi connectivity index (χ4n) is 5.69. The van der Waals surface area contributed by atoms with Gasteiger partial charge in [0.1, 0.15) is 0 Å². The van der Waals surface area contributed by atoms with E-state index in [1.54, 1.807) is 12.1 Å². The van der Waals surface area contributed by atoms with Crippen LogP contribution in [-0.2, 0) is 0 Å². The molecule has 2 aromatic rings. The molecular formula is C27H37ClN8O3. The lowest BCUT2D eigenvalue weighted by molar-refractivity contribution is 0.0356. The van der Waals surface area contributed by atoms with Crippen molar-refractivity contribution in [3.05, 3.63) is 46.2 Å². The monoisotopic (exact) mass is 556 g/mol. The minimum absolute atomic E-state index is 0.00777. The number of nitriles is 1. The maximum absolute atomic E-state index is 12.3. The lowest BCUT2D eigenvalue weighted by Gasteiger charge is -2.48. The quantitative estimate of drug-likeness (QED) is 0.356. The van der Waals surface area contributed by atoms with Crippen molar-refractivity contribution in [2.45, 2.75) is 44.3 Å². The number of hydrogen-bond donors (Lipinski definition) is 4. The molecule has 1 aromatic carbocycles. The second-order valence-electron chi connectivity index (χ2n) is 10.00. The molecule has 0 unspecified atom stereocenters. The minimum Gasteiger partial charge on any atom is -0.395 e. The SMILES string of the molecule is CC[C@H]1CN(c2nc(N)c(C(=O)NCCO)nc2Cl)CCN1C1CCN([C@@H](CO)c2ccc(C#N)cc2)CC1. The highest BCUT2D eigenvalue weighted by atomic mass is 35.5. The summed E-state index contributed by atoms with van der Waals surface area (Å²) in [6, 6.07) is 10.3. The number of halogens is 1. The van der Waals surface area contributed by atoms with E-state index in [-0.39, 0.29) is 42.5 Å². The van der Waals surface area contributed by atoms with E-state index >= 15 is 0 Å². The highest BCUT2D eigenvalue weighted by molar-refractivity contribution is 6.32. The Kier molecular flexibility index (Phi) is 9.94. The van der Waals surface area contributed by atoms with Gasteiger partial charge in [0.25, 0.3) is 5.91 Å². The molecule has 210 valence electrons. The summed E-state index contributed by atoms with van der Waals surface area (Å²) in [4.78, 5) is 27.9. The predicted octanol–water partition coefficient (Wildman–Crippen LogP) is 1.40. The molecule has 2 fully saturated rings. The number of likely N-dealkylation sites (tertiary alicyclic amines) is 1. The van der Waals surface area contributed by atoms with Gasteiger partial charge < -0.3 is 26.2 Å². The largest absolute Gasteiger partial charge is 0.395 e. The summed E-state index contributed by atoms with van der Waals surface area (Å²) in [7, 11) is 0. The molecule has 3 heterocycles. The highest BCUT2D eigenvalue weighted by Gasteiger charge is 2.35. The molecule has 39 heavy (non-hydrogen) atoms. The van der Waals surface area contributed by atoms with Crippen LogP contribution in [0.3, 0.4) is 0 Å². The third-order valence-electron chi connectivity index (χ3n) is 7.78. The molecule has 2 aliphatic rings. The number of nitrogens with two attached hydrogens (primary N) is 1. The zero-order valence-corrected chi connectivity index (χ0v) is 23.0. The number of aliphatic hydroxyl groups is 2. The summed E-state index contributed by atoms with van der Waals surface area (Å²) in [6.07, 6.45) is 2.98. The molecule has 1 amide bonds. The van der Waals surface area contributed by atoms with Crippen molar-refractivity contribution in [1.82, 2.24) is 25.1 Å². The number of nitrogens with one attached hydrogen (secondary N) is 1. The van der Waals surface area contributed by atoms with E-state index in [4.69, 9.17) is 27.7 Å². The average Bonchev–Trinajstić information content (AvgIpc) is 2.97. The number of carbonyl (C=O) groups is 1. The lowest BCUT2D eigenvalue weighted by Crippen LogP contribution is -2.58. The smallest absolute Gasteiger partial charge is 0.273 e. The predicted molar refractivity (Wildman–Crippen MR) is 149 cm³/mol. The van der Waals surface area contributed by atoms with Crippen LogP contribution in [0.1, 0.15) is 53.8 Å². The molecule has 5 N–H and O–H groups in total. The van der Waals surface area contributed by atoms with E-state index in [0.29, 0.717) is 30.0 Å². The first-order valence-electron chi connectivity index (χ1n) is 13.5. The van der Waals surface area contributed by atoms with Gasteiger partial charge in [-0.2, -0.15) is 5.26 Å². The summed E-state index contributed by atoms with van der Waals surface area (Å²) in [5.41, 5.74) is 7.66. The first kappa shape index (κ1) is 29.0. The molecular weight excluding hydrogens is 520 g/mol. The lowest BCUT2D eigenvalue weighted by atomic mass is 9.95. The Bertz CT molecular complexity index is 1170. The van der Waals surface area contributed by atoms with E-state index in [1.807, 2.05) is 12.1 Å². The van der Waals surface area contributed by atoms with E-state index in [9.17, 15) is 9.90 Å². The third-order valence-corrected chi connectivity index (χ3v) is 8.03. The molecule has 0 saturated carbocycles. The topological polar surface area (TPSA) is 155 Å². The van der Waals surface area contributed by atoms with Crippen LogP contribution in [0.25, 0.3) is 0 Å². The number of aromatic nitrogens is 2. The molecule has 11 nitrogen and oxygen atoms in total. The first-order valence-corrected chi connectivity index (χ1v) is 13.9. The fraction of sp³-hybridized carbons (Fsp3) is 0.556. The fourth-order valence-corrected chi connectivity index (χ4v) is 5.93. The van der Waals surface area contributed by atoms with Gasteiger partial charge in [0.2, 0.25) is 0 Å². The standard InChI is InChI=1S/C27H37ClN8O3/c1-2-20-16-35(26-24(28)32-23(25(30)33-26)27(39)31-9-14-37)12-13-36(20)21-7-10-34(11-8-21)22(17-38)19-5-3-18(15-29)4-6-19/h3-6,20-22,37-38H,2,7-14,16-17H2,1H3,(H2,30,33)(H,31,39)/t20-,22-/m0/s1. The van der Waals surface area contributed by atoms with Gasteiger partial charge in [-0.15, -0.1) is 0 Å². The number of nitrogens with zero attached hydrogens (tertiary/aromatic N) is 6. The maximum atomic E-state index is 12.3. The summed E-state index contributed by atoms with van der Waals surface area (Å²) < 4.78 is 0. The van der Waals surface area contributed by atoms with Gasteiger partial charge in [-0.1, -0.05) is 30.7 Å². The molecule has 0 radical (unpaired) electrons. The van der Waals surface area contributed by atoms with E-state index in [2.05, 4.69) is 43.0 Å². The van der Waals surface area contributed by atoms with Gasteiger partial charge in [-0.25, -0.2) is 9.97 Å². The molecule has 0 bridgehead atoms. The Morgan fingerprint density at radius 1 is 1.21 bits per heavy atom. The Morgan fingerprint density at radius 2 is 1.92 bits per heavy atom. The van der Waals surface area contributed by atoms with Crippen LogP contribution in [0.4, 0.5) is 11.6 Å². The molecule has 1 aromatic heterocycles. The number of nitrogen functional groups attached to an aromatic ring is 1. The summed E-state index contributed by atoms with van der Waals surface area (Å²) in [5, 5.41) is 30.8. The Labute approximate surface area is 234 Å². The number of rotatable bonds is 9. The van der Waals surface area contributed by atoms with Crippen molar-refractivity contribution < 1.29 is 15.0 Å². The number of carbonyl (C=O) groups excluding carboxylic acids is 1. The molecule has 2 aliphatic heterocycles. The van der Waals surface area contributed by atoms with Gasteiger partial charge in [0.15, 0.2) is 22.5 Å². The van der Waals surface area contributed by atoms with E-state index in [1.165, 1.54) is 0 Å². The number of benzene rings is 1. The second kappa shape index (κ2) is 13.4. The van der Waals surface area contributed by atoms with Crippen LogP contribution in [0.5, 0.6) is 0 Å². The van der Waals surface area contributed by atoms with E-state index in [0.717, 1.165) is 51.0 Å². The van der Waals surface area contributed by atoms with Gasteiger partial charge in [-0.05, 0) is 37.0 Å². The molecule has 0 aliphatic carbocycles. The number of piperidine rings is 1. The zero-order valence-electron chi connectivity index (χ0n) is 22.3. The number of amides is 1.